The molecule has 24 heavy (non-hydrogen) atoms. The molecule has 0 heterocycles. The number of amides is 1. The molecule has 1 atom stereocenters. The van der Waals surface area contributed by atoms with Crippen molar-refractivity contribution in [2.45, 2.75) is 30.2 Å². The molecule has 0 spiro atoms. The van der Waals surface area contributed by atoms with E-state index < -0.39 is 10.0 Å². The minimum Gasteiger partial charge on any atom is -0.351 e. The molecular formula is C18H20N2O3S. The molecule has 2 aromatic rings. The van der Waals surface area contributed by atoms with Gasteiger partial charge in [-0.2, -0.15) is 0 Å². The van der Waals surface area contributed by atoms with Crippen molar-refractivity contribution in [3.05, 3.63) is 65.7 Å². The molecule has 0 aromatic heterocycles. The number of hydrogen-bond acceptors (Lipinski definition) is 3. The first-order valence-corrected chi connectivity index (χ1v) is 9.44. The van der Waals surface area contributed by atoms with Crippen LogP contribution < -0.4 is 10.5 Å². The van der Waals surface area contributed by atoms with E-state index >= 15 is 0 Å². The topological polar surface area (TPSA) is 89.3 Å². The van der Waals surface area contributed by atoms with Crippen molar-refractivity contribution in [1.82, 2.24) is 5.32 Å². The maximum absolute atomic E-state index is 12.6. The first kappa shape index (κ1) is 16.7. The predicted molar refractivity (Wildman–Crippen MR) is 91.6 cm³/mol. The molecule has 1 aliphatic carbocycles. The molecule has 3 rings (SSSR count). The average molecular weight is 344 g/mol. The van der Waals surface area contributed by atoms with E-state index in [1.807, 2.05) is 30.3 Å². The van der Waals surface area contributed by atoms with Gasteiger partial charge in [0.25, 0.3) is 0 Å². The fraction of sp³-hybridized carbons (Fsp3) is 0.278. The summed E-state index contributed by atoms with van der Waals surface area (Å²) in [5.41, 5.74) is 1.88. The number of benzene rings is 2. The molecule has 0 aliphatic heterocycles. The van der Waals surface area contributed by atoms with Crippen LogP contribution in [0.5, 0.6) is 0 Å². The van der Waals surface area contributed by atoms with Crippen molar-refractivity contribution in [3.63, 3.8) is 0 Å². The van der Waals surface area contributed by atoms with Gasteiger partial charge in [0, 0.05) is 6.54 Å². The third kappa shape index (κ3) is 4.01. The highest BCUT2D eigenvalue weighted by atomic mass is 32.2. The van der Waals surface area contributed by atoms with Crippen molar-refractivity contribution in [3.8, 4) is 0 Å². The Kier molecular flexibility index (Phi) is 4.69. The second-order valence-electron chi connectivity index (χ2n) is 6.13. The fourth-order valence-electron chi connectivity index (χ4n) is 2.82. The van der Waals surface area contributed by atoms with Gasteiger partial charge in [0.2, 0.25) is 15.9 Å². The zero-order valence-electron chi connectivity index (χ0n) is 13.2. The highest BCUT2D eigenvalue weighted by molar-refractivity contribution is 7.89. The van der Waals surface area contributed by atoms with E-state index in [1.165, 1.54) is 12.1 Å². The lowest BCUT2D eigenvalue weighted by Gasteiger charge is -2.16. The Bertz CT molecular complexity index is 813. The van der Waals surface area contributed by atoms with Crippen molar-refractivity contribution in [2.75, 3.05) is 0 Å². The van der Waals surface area contributed by atoms with Crippen LogP contribution in [-0.4, -0.2) is 14.3 Å². The lowest BCUT2D eigenvalue weighted by atomic mass is 9.93. The zero-order chi connectivity index (χ0) is 17.2. The Morgan fingerprint density at radius 3 is 2.25 bits per heavy atom. The molecule has 1 aliphatic rings. The van der Waals surface area contributed by atoms with Crippen LogP contribution in [0.25, 0.3) is 0 Å². The third-order valence-electron chi connectivity index (χ3n) is 4.25. The Hall–Kier alpha value is -2.18. The van der Waals surface area contributed by atoms with Crippen molar-refractivity contribution < 1.29 is 13.2 Å². The van der Waals surface area contributed by atoms with E-state index in [2.05, 4.69) is 5.32 Å². The fourth-order valence-corrected chi connectivity index (χ4v) is 3.34. The zero-order valence-corrected chi connectivity index (χ0v) is 14.0. The standard InChI is InChI=1S/C18H20N2O3S/c19-24(22,23)16-10-6-13(7-11-16)12-20-18(21)17(15-8-9-15)14-4-2-1-3-5-14/h1-7,10-11,15,17H,8-9,12H2,(H,20,21)(H2,19,22,23). The quantitative estimate of drug-likeness (QED) is 0.841. The van der Waals surface area contributed by atoms with Gasteiger partial charge in [-0.05, 0) is 42.0 Å². The van der Waals surface area contributed by atoms with Crippen LogP contribution in [0.15, 0.2) is 59.5 Å². The lowest BCUT2D eigenvalue weighted by Crippen LogP contribution is -2.30. The molecule has 0 bridgehead atoms. The minimum absolute atomic E-state index is 0.0132. The van der Waals surface area contributed by atoms with Crippen molar-refractivity contribution >= 4 is 15.9 Å². The maximum atomic E-state index is 12.6. The van der Waals surface area contributed by atoms with Gasteiger partial charge in [0.05, 0.1) is 10.8 Å². The van der Waals surface area contributed by atoms with E-state index in [4.69, 9.17) is 5.14 Å². The van der Waals surface area contributed by atoms with Crippen LogP contribution in [0.1, 0.15) is 29.9 Å². The summed E-state index contributed by atoms with van der Waals surface area (Å²) in [5, 5.41) is 8.03. The summed E-state index contributed by atoms with van der Waals surface area (Å²) >= 11 is 0. The molecule has 1 fully saturated rings. The maximum Gasteiger partial charge on any atom is 0.238 e. The molecule has 5 nitrogen and oxygen atoms in total. The smallest absolute Gasteiger partial charge is 0.238 e. The van der Waals surface area contributed by atoms with Crippen molar-refractivity contribution in [2.24, 2.45) is 11.1 Å². The van der Waals surface area contributed by atoms with Crippen LogP contribution >= 0.6 is 0 Å². The van der Waals surface area contributed by atoms with Gasteiger partial charge in [-0.1, -0.05) is 42.5 Å². The SMILES string of the molecule is NS(=O)(=O)c1ccc(CNC(=O)C(c2ccccc2)C2CC2)cc1. The molecule has 1 unspecified atom stereocenters. The molecule has 0 saturated heterocycles. The molecular weight excluding hydrogens is 324 g/mol. The number of nitrogens with one attached hydrogen (secondary N) is 1. The van der Waals surface area contributed by atoms with Crippen LogP contribution in [0.4, 0.5) is 0 Å². The summed E-state index contributed by atoms with van der Waals surface area (Å²) in [4.78, 5) is 12.7. The number of rotatable bonds is 6. The predicted octanol–water partition coefficient (Wildman–Crippen LogP) is 2.14. The number of primary sulfonamides is 1. The first-order chi connectivity index (χ1) is 11.4. The minimum atomic E-state index is -3.69. The molecule has 3 N–H and O–H groups in total. The Balaban J connectivity index is 1.66. The summed E-state index contributed by atoms with van der Waals surface area (Å²) < 4.78 is 22.5. The van der Waals surface area contributed by atoms with E-state index in [0.717, 1.165) is 24.0 Å². The normalized spacial score (nSPS) is 15.7. The number of nitrogens with two attached hydrogens (primary N) is 1. The van der Waals surface area contributed by atoms with E-state index in [0.29, 0.717) is 12.5 Å². The Labute approximate surface area is 141 Å². The summed E-state index contributed by atoms with van der Waals surface area (Å²) in [5.74, 6) is 0.311. The highest BCUT2D eigenvalue weighted by Gasteiger charge is 2.36. The second kappa shape index (κ2) is 6.75. The van der Waals surface area contributed by atoms with Crippen LogP contribution in [-0.2, 0) is 21.4 Å². The Morgan fingerprint density at radius 1 is 1.08 bits per heavy atom. The van der Waals surface area contributed by atoms with Crippen molar-refractivity contribution in [1.29, 1.82) is 0 Å². The van der Waals surface area contributed by atoms with Gasteiger partial charge in [-0.25, -0.2) is 13.6 Å². The molecule has 2 aromatic carbocycles. The lowest BCUT2D eigenvalue weighted by molar-refractivity contribution is -0.123. The summed E-state index contributed by atoms with van der Waals surface area (Å²) in [7, 11) is -3.69. The van der Waals surface area contributed by atoms with Gasteiger partial charge in [0.1, 0.15) is 0 Å². The van der Waals surface area contributed by atoms with E-state index in [1.54, 1.807) is 12.1 Å². The Morgan fingerprint density at radius 2 is 1.71 bits per heavy atom. The van der Waals surface area contributed by atoms with E-state index in [-0.39, 0.29) is 16.7 Å². The van der Waals surface area contributed by atoms with Gasteiger partial charge in [0.15, 0.2) is 0 Å². The molecule has 1 saturated carbocycles. The molecule has 6 heteroatoms. The van der Waals surface area contributed by atoms with Crippen LogP contribution in [0.3, 0.4) is 0 Å². The summed E-state index contributed by atoms with van der Waals surface area (Å²) in [6.07, 6.45) is 2.16. The summed E-state index contributed by atoms with van der Waals surface area (Å²) in [6.45, 7) is 0.361. The number of carbonyl (C=O) groups excluding carboxylic acids is 1. The van der Waals surface area contributed by atoms with Crippen LogP contribution in [0, 0.1) is 5.92 Å². The van der Waals surface area contributed by atoms with E-state index in [9.17, 15) is 13.2 Å². The highest BCUT2D eigenvalue weighted by Crippen LogP contribution is 2.42. The third-order valence-corrected chi connectivity index (χ3v) is 5.18. The number of sulfonamides is 1. The second-order valence-corrected chi connectivity index (χ2v) is 7.69. The number of hydrogen-bond donors (Lipinski definition) is 2. The summed E-state index contributed by atoms with van der Waals surface area (Å²) in [6, 6.07) is 16.0. The molecule has 1 amide bonds. The van der Waals surface area contributed by atoms with Gasteiger partial charge >= 0.3 is 0 Å². The van der Waals surface area contributed by atoms with Gasteiger partial charge in [-0.15, -0.1) is 0 Å². The molecule has 0 radical (unpaired) electrons. The molecule has 126 valence electrons. The first-order valence-electron chi connectivity index (χ1n) is 7.89. The number of carbonyl (C=O) groups is 1. The van der Waals surface area contributed by atoms with Crippen LogP contribution in [0.2, 0.25) is 0 Å². The monoisotopic (exact) mass is 344 g/mol. The van der Waals surface area contributed by atoms with Gasteiger partial charge < -0.3 is 5.32 Å². The largest absolute Gasteiger partial charge is 0.351 e. The average Bonchev–Trinajstić information content (AvgIpc) is 3.38. The van der Waals surface area contributed by atoms with Gasteiger partial charge in [-0.3, -0.25) is 4.79 Å².